The Morgan fingerprint density at radius 2 is 1.93 bits per heavy atom. The summed E-state index contributed by atoms with van der Waals surface area (Å²) in [5, 5.41) is 10.0. The van der Waals surface area contributed by atoms with Crippen molar-refractivity contribution in [3.8, 4) is 6.07 Å². The van der Waals surface area contributed by atoms with Crippen LogP contribution >= 0.6 is 35.0 Å². The molecule has 1 aliphatic heterocycles. The van der Waals surface area contributed by atoms with Crippen LogP contribution in [0.5, 0.6) is 0 Å². The van der Waals surface area contributed by atoms with Gasteiger partial charge in [0, 0.05) is 15.7 Å². The van der Waals surface area contributed by atoms with Gasteiger partial charge in [0.1, 0.15) is 16.7 Å². The van der Waals surface area contributed by atoms with Gasteiger partial charge in [-0.2, -0.15) is 5.26 Å². The van der Waals surface area contributed by atoms with Gasteiger partial charge in [0.05, 0.1) is 5.25 Å². The van der Waals surface area contributed by atoms with Crippen molar-refractivity contribution in [2.24, 2.45) is 5.73 Å². The molecular weight excluding hydrogens is 405 g/mol. The first kappa shape index (κ1) is 19.3. The van der Waals surface area contributed by atoms with Gasteiger partial charge in [0.25, 0.3) is 5.91 Å². The molecule has 1 heterocycles. The van der Waals surface area contributed by atoms with Crippen LogP contribution in [-0.4, -0.2) is 17.1 Å². The molecule has 0 bridgehead atoms. The van der Waals surface area contributed by atoms with Crippen molar-refractivity contribution in [3.05, 3.63) is 74.7 Å². The SMILES string of the molecule is N#C/C(C(N)=O)=C1/S[C@H](Cc2cc(Cl)ccc2Cl)C(=O)N1c1ccccc1. The minimum absolute atomic E-state index is 0.226. The van der Waals surface area contributed by atoms with Crippen molar-refractivity contribution < 1.29 is 9.59 Å². The average molecular weight is 418 g/mol. The van der Waals surface area contributed by atoms with Gasteiger partial charge in [-0.05, 0) is 42.3 Å². The van der Waals surface area contributed by atoms with E-state index in [1.54, 1.807) is 42.5 Å². The fraction of sp³-hybridized carbons (Fsp3) is 0.105. The number of hydrogen-bond donors (Lipinski definition) is 1. The maximum absolute atomic E-state index is 13.1. The van der Waals surface area contributed by atoms with E-state index in [4.69, 9.17) is 28.9 Å². The molecule has 2 N–H and O–H groups in total. The van der Waals surface area contributed by atoms with Crippen molar-refractivity contribution >= 4 is 52.5 Å². The van der Waals surface area contributed by atoms with Crippen molar-refractivity contribution in [3.63, 3.8) is 0 Å². The van der Waals surface area contributed by atoms with E-state index in [0.29, 0.717) is 27.7 Å². The molecule has 0 aromatic heterocycles. The summed E-state index contributed by atoms with van der Waals surface area (Å²) >= 11 is 13.4. The van der Waals surface area contributed by atoms with Gasteiger partial charge in [-0.15, -0.1) is 0 Å². The van der Waals surface area contributed by atoms with Gasteiger partial charge >= 0.3 is 0 Å². The Bertz CT molecular complexity index is 986. The Morgan fingerprint density at radius 1 is 1.22 bits per heavy atom. The third kappa shape index (κ3) is 3.96. The number of thioether (sulfide) groups is 1. The molecule has 0 saturated carbocycles. The van der Waals surface area contributed by atoms with Crippen LogP contribution in [0.3, 0.4) is 0 Å². The molecule has 1 atom stereocenters. The van der Waals surface area contributed by atoms with Crippen LogP contribution in [-0.2, 0) is 16.0 Å². The Kier molecular flexibility index (Phi) is 5.76. The maximum atomic E-state index is 13.1. The van der Waals surface area contributed by atoms with Crippen LogP contribution in [0.15, 0.2) is 59.1 Å². The van der Waals surface area contributed by atoms with Gasteiger partial charge in [-0.1, -0.05) is 53.2 Å². The molecule has 5 nitrogen and oxygen atoms in total. The molecule has 0 unspecified atom stereocenters. The number of carbonyl (C=O) groups is 2. The lowest BCUT2D eigenvalue weighted by Gasteiger charge is -2.18. The largest absolute Gasteiger partial charge is 0.365 e. The van der Waals surface area contributed by atoms with Gasteiger partial charge in [-0.25, -0.2) is 0 Å². The summed E-state index contributed by atoms with van der Waals surface area (Å²) in [5.41, 5.74) is 6.36. The summed E-state index contributed by atoms with van der Waals surface area (Å²) < 4.78 is 0. The first-order chi connectivity index (χ1) is 12.9. The van der Waals surface area contributed by atoms with Crippen LogP contribution in [0, 0.1) is 11.3 Å². The topological polar surface area (TPSA) is 87.2 Å². The fourth-order valence-corrected chi connectivity index (χ4v) is 4.40. The highest BCUT2D eigenvalue weighted by Gasteiger charge is 2.40. The zero-order chi connectivity index (χ0) is 19.6. The average Bonchev–Trinajstić information content (AvgIpc) is 2.95. The van der Waals surface area contributed by atoms with Crippen molar-refractivity contribution in [2.45, 2.75) is 11.7 Å². The lowest BCUT2D eigenvalue weighted by Crippen LogP contribution is -2.31. The Labute approximate surface area is 170 Å². The second kappa shape index (κ2) is 8.05. The second-order valence-electron chi connectivity index (χ2n) is 5.71. The number of para-hydroxylation sites is 1. The molecule has 1 saturated heterocycles. The molecule has 0 aliphatic carbocycles. The van der Waals surface area contributed by atoms with Gasteiger partial charge in [0.2, 0.25) is 5.91 Å². The maximum Gasteiger partial charge on any atom is 0.262 e. The van der Waals surface area contributed by atoms with Crippen LogP contribution in [0.4, 0.5) is 5.69 Å². The summed E-state index contributed by atoms with van der Waals surface area (Å²) in [5.74, 6) is -1.14. The molecule has 0 radical (unpaired) electrons. The predicted molar refractivity (Wildman–Crippen MR) is 107 cm³/mol. The third-order valence-corrected chi connectivity index (χ3v) is 5.82. The first-order valence-corrected chi connectivity index (χ1v) is 9.49. The number of carbonyl (C=O) groups excluding carboxylic acids is 2. The van der Waals surface area contributed by atoms with Crippen LogP contribution in [0.25, 0.3) is 0 Å². The molecule has 136 valence electrons. The number of benzene rings is 2. The number of primary amides is 1. The molecule has 3 rings (SSSR count). The van der Waals surface area contributed by atoms with Crippen molar-refractivity contribution in [1.82, 2.24) is 0 Å². The number of amides is 2. The summed E-state index contributed by atoms with van der Waals surface area (Å²) in [4.78, 5) is 26.2. The monoisotopic (exact) mass is 417 g/mol. The highest BCUT2D eigenvalue weighted by Crippen LogP contribution is 2.42. The lowest BCUT2D eigenvalue weighted by molar-refractivity contribution is -0.117. The lowest BCUT2D eigenvalue weighted by atomic mass is 10.1. The van der Waals surface area contributed by atoms with Gasteiger partial charge in [-0.3, -0.25) is 14.5 Å². The smallest absolute Gasteiger partial charge is 0.262 e. The van der Waals surface area contributed by atoms with Gasteiger partial charge < -0.3 is 5.73 Å². The van der Waals surface area contributed by atoms with E-state index in [-0.39, 0.29) is 16.5 Å². The zero-order valence-corrected chi connectivity index (χ0v) is 16.2. The number of halogens is 2. The number of rotatable bonds is 4. The summed E-state index contributed by atoms with van der Waals surface area (Å²) in [6, 6.07) is 15.6. The van der Waals surface area contributed by atoms with Crippen LogP contribution in [0.2, 0.25) is 10.0 Å². The molecule has 27 heavy (non-hydrogen) atoms. The minimum Gasteiger partial charge on any atom is -0.365 e. The Morgan fingerprint density at radius 3 is 2.56 bits per heavy atom. The van der Waals surface area contributed by atoms with E-state index in [0.717, 1.165) is 11.8 Å². The predicted octanol–water partition coefficient (Wildman–Crippen LogP) is 3.90. The molecule has 8 heteroatoms. The third-order valence-electron chi connectivity index (χ3n) is 3.95. The summed E-state index contributed by atoms with van der Waals surface area (Å²) in [6.07, 6.45) is 0.299. The number of nitrogens with zero attached hydrogens (tertiary/aromatic N) is 2. The Balaban J connectivity index is 2.04. The van der Waals surface area contributed by atoms with E-state index >= 15 is 0 Å². The second-order valence-corrected chi connectivity index (χ2v) is 7.75. The molecule has 1 fully saturated rings. The molecule has 0 spiro atoms. The normalized spacial score (nSPS) is 18.3. The molecule has 2 aromatic rings. The zero-order valence-electron chi connectivity index (χ0n) is 13.9. The number of anilines is 1. The van der Waals surface area contributed by atoms with Crippen molar-refractivity contribution in [1.29, 1.82) is 5.26 Å². The fourth-order valence-electron chi connectivity index (χ4n) is 2.71. The Hall–Kier alpha value is -2.46. The highest BCUT2D eigenvalue weighted by atomic mass is 35.5. The van der Waals surface area contributed by atoms with Crippen LogP contribution in [0.1, 0.15) is 5.56 Å². The molecule has 2 aromatic carbocycles. The first-order valence-electron chi connectivity index (χ1n) is 7.86. The quantitative estimate of drug-likeness (QED) is 0.603. The van der Waals surface area contributed by atoms with E-state index in [9.17, 15) is 14.9 Å². The summed E-state index contributed by atoms with van der Waals surface area (Å²) in [6.45, 7) is 0. The van der Waals surface area contributed by atoms with E-state index in [2.05, 4.69) is 0 Å². The van der Waals surface area contributed by atoms with E-state index in [1.807, 2.05) is 12.1 Å². The van der Waals surface area contributed by atoms with Gasteiger partial charge in [0.15, 0.2) is 0 Å². The number of nitrogens with two attached hydrogens (primary N) is 1. The molecular formula is C19H13Cl2N3O2S. The summed E-state index contributed by atoms with van der Waals surface area (Å²) in [7, 11) is 0. The highest BCUT2D eigenvalue weighted by molar-refractivity contribution is 8.05. The van der Waals surface area contributed by atoms with E-state index in [1.165, 1.54) is 4.90 Å². The standard InChI is InChI=1S/C19H13Cl2N3O2S/c20-12-6-7-15(21)11(8-12)9-16-18(26)24(13-4-2-1-3-5-13)19(27-16)14(10-22)17(23)25/h1-8,16H,9H2,(H2,23,25)/b19-14-/t16-/m1/s1. The number of hydrogen-bond acceptors (Lipinski definition) is 4. The minimum atomic E-state index is -0.879. The van der Waals surface area contributed by atoms with Crippen molar-refractivity contribution in [2.75, 3.05) is 4.90 Å². The van der Waals surface area contributed by atoms with E-state index < -0.39 is 11.2 Å². The molecule has 2 amide bonds. The number of nitriles is 1. The van der Waals surface area contributed by atoms with Crippen LogP contribution < -0.4 is 10.6 Å². The molecule has 1 aliphatic rings.